The fraction of sp³-hybridized carbons (Fsp3) is 0. The highest BCUT2D eigenvalue weighted by Crippen LogP contribution is 2.36. The number of benzene rings is 2. The van der Waals surface area contributed by atoms with Gasteiger partial charge in [-0.05, 0) is 50.7 Å². The van der Waals surface area contributed by atoms with Gasteiger partial charge >= 0.3 is 5.69 Å². The van der Waals surface area contributed by atoms with E-state index in [0.29, 0.717) is 5.75 Å². The SMILES string of the molecule is O=[N+]([O-])c1cc(Br)c(F)cc1Oc1ccccc1I. The van der Waals surface area contributed by atoms with E-state index in [-0.39, 0.29) is 15.9 Å². The van der Waals surface area contributed by atoms with Gasteiger partial charge in [0.25, 0.3) is 0 Å². The largest absolute Gasteiger partial charge is 0.449 e. The fourth-order valence-electron chi connectivity index (χ4n) is 1.39. The maximum absolute atomic E-state index is 13.5. The molecule has 0 atom stereocenters. The normalized spacial score (nSPS) is 10.3. The third-order valence-electron chi connectivity index (χ3n) is 2.26. The first-order valence-electron chi connectivity index (χ1n) is 5.05. The Hall–Kier alpha value is -1.22. The maximum Gasteiger partial charge on any atom is 0.312 e. The molecule has 0 aromatic heterocycles. The first kappa shape index (κ1) is 14.2. The molecule has 0 aliphatic carbocycles. The van der Waals surface area contributed by atoms with E-state index in [9.17, 15) is 14.5 Å². The van der Waals surface area contributed by atoms with Crippen LogP contribution in [0.25, 0.3) is 0 Å². The number of ether oxygens (including phenoxy) is 1. The van der Waals surface area contributed by atoms with Crippen LogP contribution in [0.5, 0.6) is 11.5 Å². The molecular formula is C12H6BrFINO3. The van der Waals surface area contributed by atoms with E-state index in [1.165, 1.54) is 0 Å². The van der Waals surface area contributed by atoms with Gasteiger partial charge < -0.3 is 4.74 Å². The molecule has 19 heavy (non-hydrogen) atoms. The van der Waals surface area contributed by atoms with Gasteiger partial charge in [-0.3, -0.25) is 10.1 Å². The molecule has 0 fully saturated rings. The van der Waals surface area contributed by atoms with E-state index >= 15 is 0 Å². The van der Waals surface area contributed by atoms with Crippen molar-refractivity contribution in [2.24, 2.45) is 0 Å². The second-order valence-corrected chi connectivity index (χ2v) is 5.54. The molecule has 0 heterocycles. The summed E-state index contributed by atoms with van der Waals surface area (Å²) in [6, 6.07) is 9.07. The van der Waals surface area contributed by atoms with Crippen LogP contribution in [-0.4, -0.2) is 4.92 Å². The Morgan fingerprint density at radius 1 is 1.26 bits per heavy atom. The average molecular weight is 438 g/mol. The van der Waals surface area contributed by atoms with Gasteiger partial charge in [-0.15, -0.1) is 0 Å². The summed E-state index contributed by atoms with van der Waals surface area (Å²) in [6.07, 6.45) is 0. The predicted molar refractivity (Wildman–Crippen MR) is 80.0 cm³/mol. The number of para-hydroxylation sites is 1. The lowest BCUT2D eigenvalue weighted by Crippen LogP contribution is -1.96. The zero-order valence-corrected chi connectivity index (χ0v) is 13.0. The second kappa shape index (κ2) is 5.83. The monoisotopic (exact) mass is 437 g/mol. The van der Waals surface area contributed by atoms with Crippen molar-refractivity contribution in [3.63, 3.8) is 0 Å². The lowest BCUT2D eigenvalue weighted by Gasteiger charge is -2.08. The predicted octanol–water partition coefficient (Wildman–Crippen LogP) is 4.89. The van der Waals surface area contributed by atoms with Crippen LogP contribution in [0.15, 0.2) is 40.9 Å². The number of halogens is 3. The third-order valence-corrected chi connectivity index (χ3v) is 3.75. The van der Waals surface area contributed by atoms with Gasteiger partial charge in [0, 0.05) is 12.1 Å². The highest BCUT2D eigenvalue weighted by atomic mass is 127. The van der Waals surface area contributed by atoms with Gasteiger partial charge in [-0.25, -0.2) is 4.39 Å². The van der Waals surface area contributed by atoms with Crippen LogP contribution >= 0.6 is 38.5 Å². The summed E-state index contributed by atoms with van der Waals surface area (Å²) >= 11 is 4.95. The molecule has 0 amide bonds. The minimum Gasteiger partial charge on any atom is -0.449 e. The van der Waals surface area contributed by atoms with E-state index in [1.807, 2.05) is 28.7 Å². The van der Waals surface area contributed by atoms with Gasteiger partial charge in [0.2, 0.25) is 5.75 Å². The molecule has 7 heteroatoms. The summed E-state index contributed by atoms with van der Waals surface area (Å²) in [6.45, 7) is 0. The topological polar surface area (TPSA) is 52.4 Å². The molecule has 0 spiro atoms. The molecule has 2 rings (SSSR count). The van der Waals surface area contributed by atoms with Crippen LogP contribution in [0, 0.1) is 19.5 Å². The van der Waals surface area contributed by atoms with Gasteiger partial charge in [0.05, 0.1) is 13.0 Å². The average Bonchev–Trinajstić information content (AvgIpc) is 2.36. The zero-order valence-electron chi connectivity index (χ0n) is 9.27. The maximum atomic E-state index is 13.5. The molecular weight excluding hydrogens is 432 g/mol. The lowest BCUT2D eigenvalue weighted by atomic mass is 10.3. The summed E-state index contributed by atoms with van der Waals surface area (Å²) in [5, 5.41) is 10.9. The Balaban J connectivity index is 2.48. The number of nitro benzene ring substituents is 1. The highest BCUT2D eigenvalue weighted by Gasteiger charge is 2.20. The molecule has 98 valence electrons. The Kier molecular flexibility index (Phi) is 4.35. The molecule has 0 bridgehead atoms. The molecule has 0 unspecified atom stereocenters. The van der Waals surface area contributed by atoms with E-state index in [0.717, 1.165) is 15.7 Å². The van der Waals surface area contributed by atoms with Crippen molar-refractivity contribution in [1.82, 2.24) is 0 Å². The minimum absolute atomic E-state index is 0.0225. The van der Waals surface area contributed by atoms with Crippen LogP contribution in [-0.2, 0) is 0 Å². The Morgan fingerprint density at radius 3 is 2.58 bits per heavy atom. The van der Waals surface area contributed by atoms with Crippen molar-refractivity contribution in [3.8, 4) is 11.5 Å². The number of rotatable bonds is 3. The van der Waals surface area contributed by atoms with E-state index in [2.05, 4.69) is 15.9 Å². The zero-order chi connectivity index (χ0) is 14.0. The quantitative estimate of drug-likeness (QED) is 0.390. The Bertz CT molecular complexity index is 651. The number of hydrogen-bond donors (Lipinski definition) is 0. The molecule has 0 aliphatic rings. The van der Waals surface area contributed by atoms with Crippen molar-refractivity contribution in [1.29, 1.82) is 0 Å². The van der Waals surface area contributed by atoms with Gasteiger partial charge in [0.15, 0.2) is 0 Å². The third kappa shape index (κ3) is 3.21. The summed E-state index contributed by atoms with van der Waals surface area (Å²) in [5.41, 5.74) is -0.298. The number of hydrogen-bond acceptors (Lipinski definition) is 3. The Labute approximate surface area is 130 Å². The molecule has 0 radical (unpaired) electrons. The van der Waals surface area contributed by atoms with Crippen molar-refractivity contribution >= 4 is 44.2 Å². The van der Waals surface area contributed by atoms with Gasteiger partial charge in [0.1, 0.15) is 11.6 Å². The second-order valence-electron chi connectivity index (χ2n) is 3.52. The van der Waals surface area contributed by atoms with Gasteiger partial charge in [-0.2, -0.15) is 0 Å². The summed E-state index contributed by atoms with van der Waals surface area (Å²) in [5.74, 6) is -0.311. The van der Waals surface area contributed by atoms with Crippen LogP contribution in [0.4, 0.5) is 10.1 Å². The number of nitro groups is 1. The van der Waals surface area contributed by atoms with E-state index < -0.39 is 10.7 Å². The molecule has 2 aromatic rings. The Morgan fingerprint density at radius 2 is 1.95 bits per heavy atom. The molecule has 0 N–H and O–H groups in total. The van der Waals surface area contributed by atoms with E-state index in [4.69, 9.17) is 4.74 Å². The first-order valence-corrected chi connectivity index (χ1v) is 6.92. The van der Waals surface area contributed by atoms with Crippen molar-refractivity contribution in [2.75, 3.05) is 0 Å². The number of nitrogens with zero attached hydrogens (tertiary/aromatic N) is 1. The fourth-order valence-corrected chi connectivity index (χ4v) is 2.22. The molecule has 0 aliphatic heterocycles. The van der Waals surface area contributed by atoms with Crippen LogP contribution in [0.2, 0.25) is 0 Å². The van der Waals surface area contributed by atoms with Crippen LogP contribution in [0.3, 0.4) is 0 Å². The van der Waals surface area contributed by atoms with E-state index in [1.54, 1.807) is 18.2 Å². The minimum atomic E-state index is -0.619. The molecule has 0 saturated carbocycles. The first-order chi connectivity index (χ1) is 8.99. The molecule has 0 saturated heterocycles. The molecule has 4 nitrogen and oxygen atoms in total. The highest BCUT2D eigenvalue weighted by molar-refractivity contribution is 14.1. The lowest BCUT2D eigenvalue weighted by molar-refractivity contribution is -0.385. The smallest absolute Gasteiger partial charge is 0.312 e. The summed E-state index contributed by atoms with van der Waals surface area (Å²) < 4.78 is 19.7. The van der Waals surface area contributed by atoms with Crippen LogP contribution < -0.4 is 4.74 Å². The van der Waals surface area contributed by atoms with Crippen molar-refractivity contribution in [3.05, 3.63) is 60.4 Å². The standard InChI is InChI=1S/C12H6BrFINO3/c13-7-5-10(16(17)18)12(6-8(7)14)19-11-4-2-1-3-9(11)15/h1-6H. The summed E-state index contributed by atoms with van der Waals surface area (Å²) in [7, 11) is 0. The van der Waals surface area contributed by atoms with Crippen molar-refractivity contribution < 1.29 is 14.1 Å². The summed E-state index contributed by atoms with van der Waals surface area (Å²) in [4.78, 5) is 10.3. The van der Waals surface area contributed by atoms with Gasteiger partial charge in [-0.1, -0.05) is 12.1 Å². The van der Waals surface area contributed by atoms with Crippen molar-refractivity contribution in [2.45, 2.75) is 0 Å². The van der Waals surface area contributed by atoms with Crippen LogP contribution in [0.1, 0.15) is 0 Å². The molecule has 2 aromatic carbocycles.